The minimum Gasteiger partial charge on any atom is -0.308 e. The number of rotatable bonds is 6. The normalized spacial score (nSPS) is 12.3. The first-order valence-corrected chi connectivity index (χ1v) is 7.33. The fourth-order valence-corrected chi connectivity index (χ4v) is 2.16. The quantitative estimate of drug-likeness (QED) is 0.885. The molecule has 3 nitrogen and oxygen atoms in total. The van der Waals surface area contributed by atoms with Crippen LogP contribution in [0, 0.1) is 0 Å². The van der Waals surface area contributed by atoms with Crippen molar-refractivity contribution >= 4 is 15.9 Å². The summed E-state index contributed by atoms with van der Waals surface area (Å²) in [5.41, 5.74) is 2.14. The van der Waals surface area contributed by atoms with Gasteiger partial charge in [0, 0.05) is 29.0 Å². The van der Waals surface area contributed by atoms with E-state index in [2.05, 4.69) is 50.3 Å². The van der Waals surface area contributed by atoms with Crippen LogP contribution in [0.15, 0.2) is 47.2 Å². The van der Waals surface area contributed by atoms with E-state index in [4.69, 9.17) is 0 Å². The zero-order valence-electron chi connectivity index (χ0n) is 11.0. The number of nitrogens with zero attached hydrogens (tertiary/aromatic N) is 2. The number of pyridine rings is 2. The number of aromatic nitrogens is 2. The maximum atomic E-state index is 4.49. The topological polar surface area (TPSA) is 37.8 Å². The molecule has 2 aromatic heterocycles. The molecule has 1 N–H and O–H groups in total. The Kier molecular flexibility index (Phi) is 5.48. The van der Waals surface area contributed by atoms with Gasteiger partial charge in [0.05, 0.1) is 11.7 Å². The van der Waals surface area contributed by atoms with Gasteiger partial charge in [-0.05, 0) is 53.2 Å². The highest BCUT2D eigenvalue weighted by Crippen LogP contribution is 2.17. The molecule has 100 valence electrons. The molecular weight excluding hydrogens is 302 g/mol. The smallest absolute Gasteiger partial charge is 0.0578 e. The third-order valence-electron chi connectivity index (χ3n) is 2.89. The Labute approximate surface area is 122 Å². The molecule has 0 aliphatic carbocycles. The van der Waals surface area contributed by atoms with E-state index in [1.165, 1.54) is 0 Å². The molecule has 4 heteroatoms. The Hall–Kier alpha value is -1.26. The number of halogens is 1. The van der Waals surface area contributed by atoms with Gasteiger partial charge in [0.1, 0.15) is 0 Å². The predicted octanol–water partition coefficient (Wildman–Crippen LogP) is 3.52. The average Bonchev–Trinajstić information content (AvgIpc) is 2.45. The minimum absolute atomic E-state index is 0.211. The van der Waals surface area contributed by atoms with Crippen molar-refractivity contribution in [3.8, 4) is 0 Å². The van der Waals surface area contributed by atoms with Crippen LogP contribution >= 0.6 is 15.9 Å². The fraction of sp³-hybridized carbons (Fsp3) is 0.333. The van der Waals surface area contributed by atoms with E-state index in [-0.39, 0.29) is 6.04 Å². The van der Waals surface area contributed by atoms with E-state index in [0.717, 1.165) is 35.2 Å². The summed E-state index contributed by atoms with van der Waals surface area (Å²) in [6, 6.07) is 10.3. The maximum Gasteiger partial charge on any atom is 0.0578 e. The Morgan fingerprint density at radius 2 is 2.11 bits per heavy atom. The van der Waals surface area contributed by atoms with Crippen LogP contribution in [0.3, 0.4) is 0 Å². The van der Waals surface area contributed by atoms with Crippen molar-refractivity contribution in [2.75, 3.05) is 6.54 Å². The SMILES string of the molecule is CCCNC(Cc1ccccn1)c1ccc(Br)cn1. The first kappa shape index (κ1) is 14.2. The molecule has 2 heterocycles. The first-order chi connectivity index (χ1) is 9.29. The maximum absolute atomic E-state index is 4.49. The third-order valence-corrected chi connectivity index (χ3v) is 3.36. The molecule has 19 heavy (non-hydrogen) atoms. The van der Waals surface area contributed by atoms with Crippen LogP contribution in [-0.2, 0) is 6.42 Å². The highest BCUT2D eigenvalue weighted by atomic mass is 79.9. The van der Waals surface area contributed by atoms with Gasteiger partial charge in [-0.1, -0.05) is 13.0 Å². The van der Waals surface area contributed by atoms with Crippen LogP contribution in [-0.4, -0.2) is 16.5 Å². The molecular formula is C15H18BrN3. The zero-order chi connectivity index (χ0) is 13.5. The lowest BCUT2D eigenvalue weighted by Gasteiger charge is -2.17. The number of nitrogens with one attached hydrogen (secondary N) is 1. The molecule has 0 spiro atoms. The molecule has 2 rings (SSSR count). The van der Waals surface area contributed by atoms with Crippen LogP contribution in [0.4, 0.5) is 0 Å². The Morgan fingerprint density at radius 1 is 1.21 bits per heavy atom. The van der Waals surface area contributed by atoms with Crippen molar-refractivity contribution in [1.29, 1.82) is 0 Å². The second-order valence-corrected chi connectivity index (χ2v) is 5.35. The molecule has 0 radical (unpaired) electrons. The monoisotopic (exact) mass is 319 g/mol. The molecule has 2 aromatic rings. The van der Waals surface area contributed by atoms with Gasteiger partial charge in [0.15, 0.2) is 0 Å². The van der Waals surface area contributed by atoms with Crippen molar-refractivity contribution in [3.63, 3.8) is 0 Å². The molecule has 0 aliphatic rings. The van der Waals surface area contributed by atoms with Crippen molar-refractivity contribution in [3.05, 3.63) is 58.6 Å². The molecule has 0 fully saturated rings. The summed E-state index contributed by atoms with van der Waals surface area (Å²) in [7, 11) is 0. The van der Waals surface area contributed by atoms with Gasteiger partial charge in [-0.15, -0.1) is 0 Å². The van der Waals surface area contributed by atoms with Crippen LogP contribution in [0.25, 0.3) is 0 Å². The van der Waals surface area contributed by atoms with Crippen LogP contribution in [0.1, 0.15) is 30.8 Å². The lowest BCUT2D eigenvalue weighted by molar-refractivity contribution is 0.513. The molecule has 1 atom stereocenters. The van der Waals surface area contributed by atoms with Gasteiger partial charge in [-0.2, -0.15) is 0 Å². The summed E-state index contributed by atoms with van der Waals surface area (Å²) < 4.78 is 1.00. The molecule has 0 aliphatic heterocycles. The zero-order valence-corrected chi connectivity index (χ0v) is 12.6. The van der Waals surface area contributed by atoms with Crippen molar-refractivity contribution in [2.24, 2.45) is 0 Å². The molecule has 0 amide bonds. The van der Waals surface area contributed by atoms with Gasteiger partial charge in [0.25, 0.3) is 0 Å². The molecule has 0 aromatic carbocycles. The molecule has 0 saturated carbocycles. The largest absolute Gasteiger partial charge is 0.308 e. The molecule has 0 bridgehead atoms. The van der Waals surface area contributed by atoms with E-state index >= 15 is 0 Å². The third kappa shape index (κ3) is 4.40. The standard InChI is InChI=1S/C15H18BrN3/c1-2-8-18-15(10-13-5-3-4-9-17-13)14-7-6-12(16)11-19-14/h3-7,9,11,15,18H,2,8,10H2,1H3. The van der Waals surface area contributed by atoms with Crippen molar-refractivity contribution in [2.45, 2.75) is 25.8 Å². The summed E-state index contributed by atoms with van der Waals surface area (Å²) in [6.07, 6.45) is 5.64. The molecule has 1 unspecified atom stereocenters. The average molecular weight is 320 g/mol. The predicted molar refractivity (Wildman–Crippen MR) is 80.9 cm³/mol. The van der Waals surface area contributed by atoms with Crippen LogP contribution in [0.5, 0.6) is 0 Å². The van der Waals surface area contributed by atoms with E-state index in [1.54, 1.807) is 0 Å². The van der Waals surface area contributed by atoms with Gasteiger partial charge >= 0.3 is 0 Å². The van der Waals surface area contributed by atoms with Gasteiger partial charge < -0.3 is 5.32 Å². The van der Waals surface area contributed by atoms with Crippen LogP contribution < -0.4 is 5.32 Å². The van der Waals surface area contributed by atoms with Gasteiger partial charge in [-0.25, -0.2) is 0 Å². The highest BCUT2D eigenvalue weighted by Gasteiger charge is 2.13. The van der Waals surface area contributed by atoms with E-state index in [9.17, 15) is 0 Å². The minimum atomic E-state index is 0.211. The second-order valence-electron chi connectivity index (χ2n) is 4.43. The summed E-state index contributed by atoms with van der Waals surface area (Å²) >= 11 is 3.42. The van der Waals surface area contributed by atoms with Gasteiger partial charge in [0.2, 0.25) is 0 Å². The summed E-state index contributed by atoms with van der Waals surface area (Å²) in [5.74, 6) is 0. The van der Waals surface area contributed by atoms with E-state index in [1.807, 2.05) is 30.6 Å². The lowest BCUT2D eigenvalue weighted by Crippen LogP contribution is -2.25. The van der Waals surface area contributed by atoms with Gasteiger partial charge in [-0.3, -0.25) is 9.97 Å². The van der Waals surface area contributed by atoms with Crippen molar-refractivity contribution in [1.82, 2.24) is 15.3 Å². The number of hydrogen-bond acceptors (Lipinski definition) is 3. The second kappa shape index (κ2) is 7.36. The lowest BCUT2D eigenvalue weighted by atomic mass is 10.1. The van der Waals surface area contributed by atoms with Crippen LogP contribution in [0.2, 0.25) is 0 Å². The summed E-state index contributed by atoms with van der Waals surface area (Å²) in [5, 5.41) is 3.54. The Balaban J connectivity index is 2.13. The molecule has 0 saturated heterocycles. The Morgan fingerprint density at radius 3 is 2.74 bits per heavy atom. The Bertz CT molecular complexity index is 485. The fourth-order valence-electron chi connectivity index (χ4n) is 1.92. The van der Waals surface area contributed by atoms with E-state index < -0.39 is 0 Å². The summed E-state index contributed by atoms with van der Waals surface area (Å²) in [4.78, 5) is 8.88. The van der Waals surface area contributed by atoms with Crippen molar-refractivity contribution < 1.29 is 0 Å². The summed E-state index contributed by atoms with van der Waals surface area (Å²) in [6.45, 7) is 3.15. The van der Waals surface area contributed by atoms with E-state index in [0.29, 0.717) is 0 Å². The first-order valence-electron chi connectivity index (χ1n) is 6.54. The number of hydrogen-bond donors (Lipinski definition) is 1. The highest BCUT2D eigenvalue weighted by molar-refractivity contribution is 9.10.